The number of carbonyl (C=O) groups excluding carboxylic acids is 1. The molecule has 9 heteroatoms. The molecule has 1 N–H and O–H groups in total. The summed E-state index contributed by atoms with van der Waals surface area (Å²) >= 11 is 0.940. The molecule has 7 nitrogen and oxygen atoms in total. The number of nitrogens with one attached hydrogen (secondary N) is 1. The van der Waals surface area contributed by atoms with Crippen LogP contribution in [0.5, 0.6) is 17.2 Å². The lowest BCUT2D eigenvalue weighted by molar-refractivity contribution is 0.0955. The first kappa shape index (κ1) is 24.6. The van der Waals surface area contributed by atoms with Gasteiger partial charge in [-0.15, -0.1) is 11.3 Å². The van der Waals surface area contributed by atoms with Gasteiger partial charge in [-0.2, -0.15) is 0 Å². The number of rotatable bonds is 11. The Hall–Kier alpha value is -3.04. The molecule has 0 aliphatic carbocycles. The van der Waals surface area contributed by atoms with E-state index in [1.54, 1.807) is 30.3 Å². The normalized spacial score (nSPS) is 11.1. The third kappa shape index (κ3) is 5.85. The van der Waals surface area contributed by atoms with Crippen molar-refractivity contribution in [1.82, 2.24) is 5.32 Å². The number of benzene rings is 2. The summed E-state index contributed by atoms with van der Waals surface area (Å²) in [5, 5.41) is 2.83. The SMILES string of the molecule is CCOc1cc(CNC(=O)c2ccc(S(=O)(=O)c3ccccc3)s2)cc(OCC)c1OCC. The van der Waals surface area contributed by atoms with E-state index in [0.29, 0.717) is 41.9 Å². The van der Waals surface area contributed by atoms with Crippen LogP contribution < -0.4 is 19.5 Å². The number of carbonyl (C=O) groups is 1. The lowest BCUT2D eigenvalue weighted by Crippen LogP contribution is -2.22. The molecule has 0 fully saturated rings. The Morgan fingerprint density at radius 3 is 2.06 bits per heavy atom. The molecule has 3 aromatic rings. The summed E-state index contributed by atoms with van der Waals surface area (Å²) in [5.41, 5.74) is 0.771. The van der Waals surface area contributed by atoms with Gasteiger partial charge in [0, 0.05) is 6.54 Å². The fraction of sp³-hybridized carbons (Fsp3) is 0.292. The highest BCUT2D eigenvalue weighted by Gasteiger charge is 2.22. The molecule has 1 heterocycles. The van der Waals surface area contributed by atoms with E-state index in [9.17, 15) is 13.2 Å². The molecule has 0 atom stereocenters. The zero-order valence-corrected chi connectivity index (χ0v) is 20.4. The lowest BCUT2D eigenvalue weighted by atomic mass is 10.1. The molecule has 33 heavy (non-hydrogen) atoms. The Labute approximate surface area is 198 Å². The zero-order valence-electron chi connectivity index (χ0n) is 18.8. The van der Waals surface area contributed by atoms with E-state index in [1.165, 1.54) is 24.3 Å². The van der Waals surface area contributed by atoms with Gasteiger partial charge in [0.1, 0.15) is 4.21 Å². The van der Waals surface area contributed by atoms with E-state index >= 15 is 0 Å². The van der Waals surface area contributed by atoms with E-state index in [1.807, 2.05) is 20.8 Å². The van der Waals surface area contributed by atoms with Crippen LogP contribution in [0.3, 0.4) is 0 Å². The summed E-state index contributed by atoms with van der Waals surface area (Å²) in [4.78, 5) is 13.2. The van der Waals surface area contributed by atoms with Crippen molar-refractivity contribution < 1.29 is 27.4 Å². The van der Waals surface area contributed by atoms with E-state index in [0.717, 1.165) is 16.9 Å². The summed E-state index contributed by atoms with van der Waals surface area (Å²) in [7, 11) is -3.66. The van der Waals surface area contributed by atoms with Crippen LogP contribution in [0.2, 0.25) is 0 Å². The molecule has 0 aliphatic heterocycles. The molecule has 2 aromatic carbocycles. The average molecular weight is 490 g/mol. The van der Waals surface area contributed by atoms with Gasteiger partial charge >= 0.3 is 0 Å². The molecule has 1 amide bonds. The Kier molecular flexibility index (Phi) is 8.35. The summed E-state index contributed by atoms with van der Waals surface area (Å²) in [6, 6.07) is 14.7. The lowest BCUT2D eigenvalue weighted by Gasteiger charge is -2.17. The number of thiophene rings is 1. The highest BCUT2D eigenvalue weighted by atomic mass is 32.2. The van der Waals surface area contributed by atoms with Crippen molar-refractivity contribution in [2.45, 2.75) is 36.4 Å². The predicted molar refractivity (Wildman–Crippen MR) is 127 cm³/mol. The summed E-state index contributed by atoms with van der Waals surface area (Å²) in [5.74, 6) is 1.26. The van der Waals surface area contributed by atoms with Crippen LogP contribution in [0, 0.1) is 0 Å². The van der Waals surface area contributed by atoms with Crippen molar-refractivity contribution in [2.75, 3.05) is 19.8 Å². The van der Waals surface area contributed by atoms with Crippen molar-refractivity contribution in [2.24, 2.45) is 0 Å². The Morgan fingerprint density at radius 1 is 0.879 bits per heavy atom. The minimum absolute atomic E-state index is 0.122. The number of hydrogen-bond acceptors (Lipinski definition) is 7. The Balaban J connectivity index is 1.77. The first-order valence-electron chi connectivity index (χ1n) is 10.6. The molecule has 0 spiro atoms. The topological polar surface area (TPSA) is 90.9 Å². The van der Waals surface area contributed by atoms with E-state index < -0.39 is 9.84 Å². The van der Waals surface area contributed by atoms with Gasteiger partial charge in [0.15, 0.2) is 11.5 Å². The second-order valence-corrected chi connectivity index (χ2v) is 10.1. The highest BCUT2D eigenvalue weighted by molar-refractivity contribution is 7.93. The first-order valence-corrected chi connectivity index (χ1v) is 12.9. The second kappa shape index (κ2) is 11.2. The van der Waals surface area contributed by atoms with Gasteiger partial charge in [-0.3, -0.25) is 4.79 Å². The van der Waals surface area contributed by atoms with Gasteiger partial charge in [-0.25, -0.2) is 8.42 Å². The molecular formula is C24H27NO6S2. The average Bonchev–Trinajstić information content (AvgIpc) is 3.32. The highest BCUT2D eigenvalue weighted by Crippen LogP contribution is 2.39. The molecule has 0 bridgehead atoms. The van der Waals surface area contributed by atoms with Gasteiger partial charge < -0.3 is 19.5 Å². The maximum absolute atomic E-state index is 12.8. The Bertz CT molecular complexity index is 1160. The standard InChI is InChI=1S/C24H27NO6S2/c1-4-29-19-14-17(15-20(30-5-2)23(19)31-6-3)16-25-24(26)21-12-13-22(32-21)33(27,28)18-10-8-7-9-11-18/h7-15H,4-6,16H2,1-3H3,(H,25,26). The van der Waals surface area contributed by atoms with Crippen LogP contribution in [0.25, 0.3) is 0 Å². The minimum Gasteiger partial charge on any atom is -0.490 e. The molecule has 0 unspecified atom stereocenters. The number of hydrogen-bond donors (Lipinski definition) is 1. The van der Waals surface area contributed by atoms with Crippen molar-refractivity contribution in [3.8, 4) is 17.2 Å². The molecule has 0 saturated carbocycles. The number of sulfone groups is 1. The number of ether oxygens (including phenoxy) is 3. The van der Waals surface area contributed by atoms with Gasteiger partial charge in [0.2, 0.25) is 15.6 Å². The zero-order chi connectivity index (χ0) is 23.8. The summed E-state index contributed by atoms with van der Waals surface area (Å²) in [6.45, 7) is 7.22. The quantitative estimate of drug-likeness (QED) is 0.420. The predicted octanol–water partition coefficient (Wildman–Crippen LogP) is 4.71. The van der Waals surface area contributed by atoms with Crippen LogP contribution in [0.4, 0.5) is 0 Å². The van der Waals surface area contributed by atoms with E-state index in [4.69, 9.17) is 14.2 Å². The van der Waals surface area contributed by atoms with Crippen LogP contribution in [0.15, 0.2) is 63.7 Å². The molecule has 0 aliphatic rings. The van der Waals surface area contributed by atoms with E-state index in [2.05, 4.69) is 5.32 Å². The third-order valence-corrected chi connectivity index (χ3v) is 7.89. The van der Waals surface area contributed by atoms with Gasteiger partial charge in [0.25, 0.3) is 5.91 Å². The minimum atomic E-state index is -3.66. The van der Waals surface area contributed by atoms with Gasteiger partial charge in [-0.05, 0) is 62.7 Å². The molecule has 0 radical (unpaired) electrons. The van der Waals surface area contributed by atoms with Gasteiger partial charge in [0.05, 0.1) is 29.6 Å². The number of amides is 1. The fourth-order valence-electron chi connectivity index (χ4n) is 3.12. The van der Waals surface area contributed by atoms with Crippen molar-refractivity contribution in [3.05, 3.63) is 65.0 Å². The molecule has 1 aromatic heterocycles. The van der Waals surface area contributed by atoms with Crippen molar-refractivity contribution in [1.29, 1.82) is 0 Å². The van der Waals surface area contributed by atoms with Crippen LogP contribution in [-0.2, 0) is 16.4 Å². The molecule has 0 saturated heterocycles. The van der Waals surface area contributed by atoms with Crippen molar-refractivity contribution in [3.63, 3.8) is 0 Å². The van der Waals surface area contributed by atoms with Crippen LogP contribution in [-0.4, -0.2) is 34.1 Å². The van der Waals surface area contributed by atoms with Gasteiger partial charge in [-0.1, -0.05) is 18.2 Å². The molecule has 3 rings (SSSR count). The van der Waals surface area contributed by atoms with E-state index in [-0.39, 0.29) is 21.6 Å². The van der Waals surface area contributed by atoms with Crippen LogP contribution >= 0.6 is 11.3 Å². The molecule has 176 valence electrons. The van der Waals surface area contributed by atoms with Crippen molar-refractivity contribution >= 4 is 27.1 Å². The fourth-order valence-corrected chi connectivity index (χ4v) is 5.76. The maximum Gasteiger partial charge on any atom is 0.261 e. The summed E-state index contributed by atoms with van der Waals surface area (Å²) < 4.78 is 42.8. The summed E-state index contributed by atoms with van der Waals surface area (Å²) in [6.07, 6.45) is 0. The smallest absolute Gasteiger partial charge is 0.261 e. The monoisotopic (exact) mass is 489 g/mol. The Morgan fingerprint density at radius 2 is 1.48 bits per heavy atom. The van der Waals surface area contributed by atoms with Crippen LogP contribution in [0.1, 0.15) is 36.0 Å². The second-order valence-electron chi connectivity index (χ2n) is 6.84. The first-order chi connectivity index (χ1) is 15.9. The maximum atomic E-state index is 12.8. The largest absolute Gasteiger partial charge is 0.490 e. The third-order valence-electron chi connectivity index (χ3n) is 4.55. The molecular weight excluding hydrogens is 462 g/mol.